The second kappa shape index (κ2) is 8.69. The first-order chi connectivity index (χ1) is 13.8. The first-order valence-corrected chi connectivity index (χ1v) is 9.10. The molecule has 1 saturated heterocycles. The van der Waals surface area contributed by atoms with E-state index in [4.69, 9.17) is 16.3 Å². The zero-order valence-electron chi connectivity index (χ0n) is 15.2. The first kappa shape index (κ1) is 20.9. The van der Waals surface area contributed by atoms with Gasteiger partial charge in [0.2, 0.25) is 0 Å². The maximum atomic E-state index is 12.7. The highest BCUT2D eigenvalue weighted by molar-refractivity contribution is 6.33. The standard InChI is InChI=1S/C19H17ClF3N3O3/c20-15-9-14(19(21,22)23)10-24-18(15)26-7-5-25(6-8-26)17(28)12-29-16-4-2-1-3-13(16)11-27/h1-4,9-11H,5-8,12H2. The summed E-state index contributed by atoms with van der Waals surface area (Å²) < 4.78 is 43.7. The average molecular weight is 428 g/mol. The third-order valence-electron chi connectivity index (χ3n) is 4.48. The minimum Gasteiger partial charge on any atom is -0.483 e. The van der Waals surface area contributed by atoms with Crippen LogP contribution in [0.5, 0.6) is 5.75 Å². The van der Waals surface area contributed by atoms with E-state index in [1.165, 1.54) is 0 Å². The molecule has 29 heavy (non-hydrogen) atoms. The summed E-state index contributed by atoms with van der Waals surface area (Å²) in [4.78, 5) is 30.5. The average Bonchev–Trinajstić information content (AvgIpc) is 2.71. The van der Waals surface area contributed by atoms with Crippen molar-refractivity contribution < 1.29 is 27.5 Å². The molecule has 1 amide bonds. The quantitative estimate of drug-likeness (QED) is 0.685. The van der Waals surface area contributed by atoms with Gasteiger partial charge in [0, 0.05) is 32.4 Å². The highest BCUT2D eigenvalue weighted by Gasteiger charge is 2.32. The third-order valence-corrected chi connectivity index (χ3v) is 4.76. The van der Waals surface area contributed by atoms with E-state index in [2.05, 4.69) is 4.98 Å². The van der Waals surface area contributed by atoms with Gasteiger partial charge in [-0.2, -0.15) is 13.2 Å². The zero-order chi connectivity index (χ0) is 21.0. The number of carbonyl (C=O) groups is 2. The fourth-order valence-electron chi connectivity index (χ4n) is 2.93. The van der Waals surface area contributed by atoms with Crippen molar-refractivity contribution in [2.45, 2.75) is 6.18 Å². The molecule has 3 rings (SSSR count). The zero-order valence-corrected chi connectivity index (χ0v) is 15.9. The molecule has 1 fully saturated rings. The first-order valence-electron chi connectivity index (χ1n) is 8.72. The van der Waals surface area contributed by atoms with Crippen LogP contribution in [0.2, 0.25) is 5.02 Å². The Morgan fingerprint density at radius 2 is 1.90 bits per heavy atom. The summed E-state index contributed by atoms with van der Waals surface area (Å²) in [6.45, 7) is 1.21. The van der Waals surface area contributed by atoms with Gasteiger partial charge in [0.1, 0.15) is 11.6 Å². The molecule has 1 aliphatic heterocycles. The predicted molar refractivity (Wildman–Crippen MR) is 100 cm³/mol. The Balaban J connectivity index is 1.56. The van der Waals surface area contributed by atoms with E-state index in [-0.39, 0.29) is 23.4 Å². The molecule has 2 aromatic rings. The second-order valence-electron chi connectivity index (χ2n) is 6.34. The van der Waals surface area contributed by atoms with Crippen LogP contribution in [0.15, 0.2) is 36.5 Å². The van der Waals surface area contributed by atoms with Gasteiger partial charge in [-0.25, -0.2) is 4.98 Å². The molecule has 154 valence electrons. The number of piperazine rings is 1. The highest BCUT2D eigenvalue weighted by atomic mass is 35.5. The van der Waals surface area contributed by atoms with Gasteiger partial charge in [0.05, 0.1) is 16.1 Å². The molecular weight excluding hydrogens is 411 g/mol. The molecule has 0 aliphatic carbocycles. The number of anilines is 1. The topological polar surface area (TPSA) is 62.7 Å². The van der Waals surface area contributed by atoms with Crippen molar-refractivity contribution in [1.82, 2.24) is 9.88 Å². The molecule has 0 radical (unpaired) electrons. The molecule has 1 aromatic heterocycles. The summed E-state index contributed by atoms with van der Waals surface area (Å²) >= 11 is 5.98. The lowest BCUT2D eigenvalue weighted by atomic mass is 10.2. The van der Waals surface area contributed by atoms with Gasteiger partial charge in [-0.05, 0) is 18.2 Å². The lowest BCUT2D eigenvalue weighted by molar-refractivity contribution is -0.138. The number of hydrogen-bond donors (Lipinski definition) is 0. The van der Waals surface area contributed by atoms with Gasteiger partial charge in [0.25, 0.3) is 5.91 Å². The molecule has 0 bridgehead atoms. The monoisotopic (exact) mass is 427 g/mol. The van der Waals surface area contributed by atoms with Crippen LogP contribution in [0.4, 0.5) is 19.0 Å². The number of carbonyl (C=O) groups excluding carboxylic acids is 2. The number of para-hydroxylation sites is 1. The SMILES string of the molecule is O=Cc1ccccc1OCC(=O)N1CCN(c2ncc(C(F)(F)F)cc2Cl)CC1. The molecule has 0 spiro atoms. The van der Waals surface area contributed by atoms with Gasteiger partial charge in [-0.15, -0.1) is 0 Å². The maximum absolute atomic E-state index is 12.7. The van der Waals surface area contributed by atoms with Crippen LogP contribution in [0.3, 0.4) is 0 Å². The minimum absolute atomic E-state index is 0.0894. The van der Waals surface area contributed by atoms with E-state index in [0.29, 0.717) is 43.8 Å². The van der Waals surface area contributed by atoms with Crippen molar-refractivity contribution in [1.29, 1.82) is 0 Å². The van der Waals surface area contributed by atoms with Crippen LogP contribution in [0.1, 0.15) is 15.9 Å². The Morgan fingerprint density at radius 3 is 2.52 bits per heavy atom. The van der Waals surface area contributed by atoms with Crippen molar-refractivity contribution in [2.75, 3.05) is 37.7 Å². The fourth-order valence-corrected chi connectivity index (χ4v) is 3.21. The van der Waals surface area contributed by atoms with Crippen molar-refractivity contribution in [3.05, 3.63) is 52.7 Å². The summed E-state index contributed by atoms with van der Waals surface area (Å²) in [6.07, 6.45) is -3.11. The van der Waals surface area contributed by atoms with Gasteiger partial charge < -0.3 is 14.5 Å². The number of nitrogens with zero attached hydrogens (tertiary/aromatic N) is 3. The Labute approximate surface area is 169 Å². The predicted octanol–water partition coefficient (Wildman–Crippen LogP) is 3.29. The summed E-state index contributed by atoms with van der Waals surface area (Å²) in [6, 6.07) is 7.43. The molecule has 2 heterocycles. The van der Waals surface area contributed by atoms with E-state index in [0.717, 1.165) is 12.3 Å². The van der Waals surface area contributed by atoms with E-state index >= 15 is 0 Å². The van der Waals surface area contributed by atoms with Crippen LogP contribution in [0, 0.1) is 0 Å². The molecule has 1 aromatic carbocycles. The lowest BCUT2D eigenvalue weighted by Crippen LogP contribution is -2.50. The summed E-state index contributed by atoms with van der Waals surface area (Å²) in [5, 5.41) is -0.0894. The van der Waals surface area contributed by atoms with Crippen molar-refractivity contribution >= 4 is 29.6 Å². The number of rotatable bonds is 5. The van der Waals surface area contributed by atoms with E-state index in [9.17, 15) is 22.8 Å². The van der Waals surface area contributed by atoms with E-state index in [1.807, 2.05) is 0 Å². The van der Waals surface area contributed by atoms with E-state index < -0.39 is 11.7 Å². The molecule has 10 heteroatoms. The number of hydrogen-bond acceptors (Lipinski definition) is 5. The van der Waals surface area contributed by atoms with E-state index in [1.54, 1.807) is 34.1 Å². The smallest absolute Gasteiger partial charge is 0.417 e. The van der Waals surface area contributed by atoms with Crippen molar-refractivity contribution in [3.63, 3.8) is 0 Å². The molecule has 0 unspecified atom stereocenters. The number of benzene rings is 1. The Morgan fingerprint density at radius 1 is 1.21 bits per heavy atom. The molecule has 1 aliphatic rings. The number of amides is 1. The lowest BCUT2D eigenvalue weighted by Gasteiger charge is -2.35. The fraction of sp³-hybridized carbons (Fsp3) is 0.316. The van der Waals surface area contributed by atoms with Crippen LogP contribution >= 0.6 is 11.6 Å². The Kier molecular flexibility index (Phi) is 6.26. The molecule has 0 N–H and O–H groups in total. The van der Waals surface area contributed by atoms with Crippen LogP contribution in [-0.2, 0) is 11.0 Å². The number of alkyl halides is 3. The largest absolute Gasteiger partial charge is 0.483 e. The second-order valence-corrected chi connectivity index (χ2v) is 6.75. The number of halogens is 4. The normalized spacial score (nSPS) is 14.6. The number of ether oxygens (including phenoxy) is 1. The van der Waals surface area contributed by atoms with Crippen molar-refractivity contribution in [3.8, 4) is 5.75 Å². The summed E-state index contributed by atoms with van der Waals surface area (Å²) in [5.41, 5.74) is -0.555. The Bertz CT molecular complexity index is 900. The van der Waals surface area contributed by atoms with Gasteiger partial charge in [0.15, 0.2) is 12.9 Å². The molecule has 0 saturated carbocycles. The molecular formula is C19H17ClF3N3O3. The Hall–Kier alpha value is -2.81. The molecule has 0 atom stereocenters. The molecule has 6 nitrogen and oxygen atoms in total. The number of pyridine rings is 1. The van der Waals surface area contributed by atoms with Gasteiger partial charge in [-0.1, -0.05) is 23.7 Å². The third kappa shape index (κ3) is 4.97. The van der Waals surface area contributed by atoms with Gasteiger partial charge >= 0.3 is 6.18 Å². The van der Waals surface area contributed by atoms with Gasteiger partial charge in [-0.3, -0.25) is 9.59 Å². The summed E-state index contributed by atoms with van der Waals surface area (Å²) in [7, 11) is 0. The summed E-state index contributed by atoms with van der Waals surface area (Å²) in [5.74, 6) is 0.329. The minimum atomic E-state index is -4.51. The van der Waals surface area contributed by atoms with Crippen LogP contribution in [-0.4, -0.2) is 54.9 Å². The highest BCUT2D eigenvalue weighted by Crippen LogP contribution is 2.33. The van der Waals surface area contributed by atoms with Crippen LogP contribution in [0.25, 0.3) is 0 Å². The maximum Gasteiger partial charge on any atom is 0.417 e. The number of aromatic nitrogens is 1. The van der Waals surface area contributed by atoms with Crippen molar-refractivity contribution in [2.24, 2.45) is 0 Å². The van der Waals surface area contributed by atoms with Crippen LogP contribution < -0.4 is 9.64 Å². The number of aldehydes is 1.